The zero-order valence-corrected chi connectivity index (χ0v) is 8.46. The van der Waals surface area contributed by atoms with Crippen LogP contribution in [0.5, 0.6) is 0 Å². The Hall–Kier alpha value is -0.120. The van der Waals surface area contributed by atoms with Gasteiger partial charge < -0.3 is 15.5 Å². The minimum absolute atomic E-state index is 0.221. The van der Waals surface area contributed by atoms with Crippen molar-refractivity contribution in [2.24, 2.45) is 5.92 Å². The smallest absolute Gasteiger partial charge is 0.0766 e. The molecule has 12 heavy (non-hydrogen) atoms. The molecule has 2 unspecified atom stereocenters. The quantitative estimate of drug-likeness (QED) is 0.565. The van der Waals surface area contributed by atoms with Crippen LogP contribution >= 0.6 is 0 Å². The van der Waals surface area contributed by atoms with E-state index in [4.69, 9.17) is 5.11 Å². The van der Waals surface area contributed by atoms with Crippen molar-refractivity contribution in [3.8, 4) is 0 Å². The van der Waals surface area contributed by atoms with E-state index < -0.39 is 5.60 Å². The predicted molar refractivity (Wildman–Crippen MR) is 50.0 cm³/mol. The Bertz CT molecular complexity index is 122. The normalized spacial score (nSPS) is 19.2. The van der Waals surface area contributed by atoms with Crippen LogP contribution in [0.4, 0.5) is 0 Å². The average molecular weight is 175 g/mol. The minimum atomic E-state index is -0.686. The summed E-state index contributed by atoms with van der Waals surface area (Å²) in [7, 11) is 0. The van der Waals surface area contributed by atoms with Gasteiger partial charge in [0.2, 0.25) is 0 Å². The third-order valence-corrected chi connectivity index (χ3v) is 2.17. The van der Waals surface area contributed by atoms with Gasteiger partial charge in [-0.3, -0.25) is 0 Å². The molecule has 0 spiro atoms. The zero-order valence-electron chi connectivity index (χ0n) is 8.46. The van der Waals surface area contributed by atoms with Crippen molar-refractivity contribution in [1.29, 1.82) is 0 Å². The summed E-state index contributed by atoms with van der Waals surface area (Å²) in [5.74, 6) is 0.221. The molecule has 3 N–H and O–H groups in total. The van der Waals surface area contributed by atoms with Crippen molar-refractivity contribution in [2.45, 2.75) is 39.4 Å². The van der Waals surface area contributed by atoms with Crippen molar-refractivity contribution in [2.75, 3.05) is 13.1 Å². The summed E-state index contributed by atoms with van der Waals surface area (Å²) in [5.41, 5.74) is -0.686. The van der Waals surface area contributed by atoms with Gasteiger partial charge in [-0.05, 0) is 19.8 Å². The first-order chi connectivity index (χ1) is 5.36. The zero-order chi connectivity index (χ0) is 9.78. The van der Waals surface area contributed by atoms with Gasteiger partial charge in [-0.2, -0.15) is 0 Å². The molecule has 0 aliphatic rings. The van der Waals surface area contributed by atoms with Crippen LogP contribution in [0.3, 0.4) is 0 Å². The molecule has 0 fully saturated rings. The number of aliphatic hydroxyl groups excluding tert-OH is 1. The second-order valence-corrected chi connectivity index (χ2v) is 3.99. The topological polar surface area (TPSA) is 52.5 Å². The Balaban J connectivity index is 3.61. The van der Waals surface area contributed by atoms with Crippen LogP contribution in [-0.2, 0) is 0 Å². The number of aliphatic hydroxyl groups is 2. The largest absolute Gasteiger partial charge is 0.392 e. The molecule has 0 aromatic heterocycles. The van der Waals surface area contributed by atoms with Crippen molar-refractivity contribution in [3.05, 3.63) is 0 Å². The van der Waals surface area contributed by atoms with E-state index in [1.165, 1.54) is 0 Å². The highest BCUT2D eigenvalue weighted by molar-refractivity contribution is 4.78. The first kappa shape index (κ1) is 11.9. The van der Waals surface area contributed by atoms with Gasteiger partial charge in [0.25, 0.3) is 0 Å². The number of nitrogens with one attached hydrogen (secondary N) is 1. The third-order valence-electron chi connectivity index (χ3n) is 2.17. The summed E-state index contributed by atoms with van der Waals surface area (Å²) in [6.07, 6.45) is -0.354. The van der Waals surface area contributed by atoms with E-state index in [1.807, 2.05) is 13.8 Å². The van der Waals surface area contributed by atoms with Crippen molar-refractivity contribution in [3.63, 3.8) is 0 Å². The fourth-order valence-corrected chi connectivity index (χ4v) is 0.738. The SMILES string of the molecule is CC(O)CNCC(C)(O)C(C)C. The summed E-state index contributed by atoms with van der Waals surface area (Å²) in [6, 6.07) is 0. The van der Waals surface area contributed by atoms with Gasteiger partial charge in [0.05, 0.1) is 11.7 Å². The predicted octanol–water partition coefficient (Wildman–Crippen LogP) is 0.364. The van der Waals surface area contributed by atoms with Gasteiger partial charge in [-0.1, -0.05) is 13.8 Å². The van der Waals surface area contributed by atoms with Gasteiger partial charge >= 0.3 is 0 Å². The number of rotatable bonds is 5. The highest BCUT2D eigenvalue weighted by Crippen LogP contribution is 2.14. The average Bonchev–Trinajstić information content (AvgIpc) is 1.85. The van der Waals surface area contributed by atoms with Crippen LogP contribution in [0.1, 0.15) is 27.7 Å². The van der Waals surface area contributed by atoms with Crippen LogP contribution in [0, 0.1) is 5.92 Å². The molecule has 3 nitrogen and oxygen atoms in total. The monoisotopic (exact) mass is 175 g/mol. The van der Waals surface area contributed by atoms with E-state index in [1.54, 1.807) is 13.8 Å². The highest BCUT2D eigenvalue weighted by atomic mass is 16.3. The molecule has 74 valence electrons. The lowest BCUT2D eigenvalue weighted by Crippen LogP contribution is -2.43. The van der Waals surface area contributed by atoms with E-state index in [-0.39, 0.29) is 12.0 Å². The number of hydrogen-bond donors (Lipinski definition) is 3. The van der Waals surface area contributed by atoms with Crippen LogP contribution < -0.4 is 5.32 Å². The molecular formula is C9H21NO2. The molecule has 0 aliphatic carbocycles. The van der Waals surface area contributed by atoms with Gasteiger partial charge in [0.15, 0.2) is 0 Å². The van der Waals surface area contributed by atoms with Crippen LogP contribution in [-0.4, -0.2) is 35.0 Å². The molecule has 0 radical (unpaired) electrons. The molecule has 0 saturated heterocycles. The highest BCUT2D eigenvalue weighted by Gasteiger charge is 2.23. The molecule has 0 rings (SSSR count). The standard InChI is InChI=1S/C9H21NO2/c1-7(2)9(4,12)6-10-5-8(3)11/h7-8,10-12H,5-6H2,1-4H3. The molecule has 2 atom stereocenters. The van der Waals surface area contributed by atoms with Gasteiger partial charge in [-0.15, -0.1) is 0 Å². The first-order valence-corrected chi connectivity index (χ1v) is 4.47. The summed E-state index contributed by atoms with van der Waals surface area (Å²) in [6.45, 7) is 8.52. The lowest BCUT2D eigenvalue weighted by molar-refractivity contribution is 0.0121. The number of hydrogen-bond acceptors (Lipinski definition) is 3. The van der Waals surface area contributed by atoms with E-state index >= 15 is 0 Å². The first-order valence-electron chi connectivity index (χ1n) is 4.47. The van der Waals surface area contributed by atoms with E-state index in [9.17, 15) is 5.11 Å². The van der Waals surface area contributed by atoms with Crippen LogP contribution in [0.25, 0.3) is 0 Å². The second kappa shape index (κ2) is 4.80. The summed E-state index contributed by atoms with van der Waals surface area (Å²) >= 11 is 0. The molecule has 0 aliphatic heterocycles. The maximum Gasteiger partial charge on any atom is 0.0766 e. The molecule has 0 aromatic rings. The van der Waals surface area contributed by atoms with Crippen LogP contribution in [0.15, 0.2) is 0 Å². The van der Waals surface area contributed by atoms with Gasteiger partial charge in [0, 0.05) is 13.1 Å². The Labute approximate surface area is 74.8 Å². The Morgan fingerprint density at radius 2 is 1.83 bits per heavy atom. The molecule has 0 saturated carbocycles. The Kier molecular flexibility index (Phi) is 4.75. The van der Waals surface area contributed by atoms with Crippen molar-refractivity contribution < 1.29 is 10.2 Å². The summed E-state index contributed by atoms with van der Waals surface area (Å²) in [4.78, 5) is 0. The lowest BCUT2D eigenvalue weighted by Gasteiger charge is -2.28. The van der Waals surface area contributed by atoms with Gasteiger partial charge in [-0.25, -0.2) is 0 Å². The third kappa shape index (κ3) is 4.70. The maximum atomic E-state index is 9.76. The Morgan fingerprint density at radius 3 is 2.17 bits per heavy atom. The molecule has 0 bridgehead atoms. The van der Waals surface area contributed by atoms with Gasteiger partial charge in [0.1, 0.15) is 0 Å². The van der Waals surface area contributed by atoms with Crippen molar-refractivity contribution in [1.82, 2.24) is 5.32 Å². The molecule has 0 heterocycles. The van der Waals surface area contributed by atoms with E-state index in [0.717, 1.165) is 0 Å². The second-order valence-electron chi connectivity index (χ2n) is 3.99. The summed E-state index contributed by atoms with van der Waals surface area (Å²) < 4.78 is 0. The van der Waals surface area contributed by atoms with E-state index in [2.05, 4.69) is 5.32 Å². The molecule has 3 heteroatoms. The summed E-state index contributed by atoms with van der Waals surface area (Å²) in [5, 5.41) is 21.7. The van der Waals surface area contributed by atoms with Crippen LogP contribution in [0.2, 0.25) is 0 Å². The molecule has 0 aromatic carbocycles. The fraction of sp³-hybridized carbons (Fsp3) is 1.00. The Morgan fingerprint density at radius 1 is 1.33 bits per heavy atom. The molecular weight excluding hydrogens is 154 g/mol. The minimum Gasteiger partial charge on any atom is -0.392 e. The van der Waals surface area contributed by atoms with Crippen molar-refractivity contribution >= 4 is 0 Å². The maximum absolute atomic E-state index is 9.76. The fourth-order valence-electron chi connectivity index (χ4n) is 0.738. The molecule has 0 amide bonds. The lowest BCUT2D eigenvalue weighted by atomic mass is 9.92. The van der Waals surface area contributed by atoms with E-state index in [0.29, 0.717) is 13.1 Å².